The number of hydrogen-bond acceptors (Lipinski definition) is 13. The SMILES string of the molecule is C.C1CCOC1.C=CC1(O)CCC(CC)(COS(=O)(=O)c2ccc(C)cc2)CC1.C=CC12CCC(COS(=O)(=O)c3ccc(C)cc3)(CC1)CO2.CCC1(COS(=O)(=O)c2ccc(C)cc2)CCC(=O)CC1.[H-].[Na+]. The van der Waals surface area contributed by atoms with E-state index in [0.717, 1.165) is 81.3 Å². The third kappa shape index (κ3) is 18.6. The summed E-state index contributed by atoms with van der Waals surface area (Å²) < 4.78 is 101. The van der Waals surface area contributed by atoms with E-state index in [2.05, 4.69) is 13.2 Å². The predicted molar refractivity (Wildman–Crippen MR) is 283 cm³/mol. The van der Waals surface area contributed by atoms with Gasteiger partial charge in [-0.3, -0.25) is 17.3 Å². The molecule has 3 aromatic rings. The molecule has 73 heavy (non-hydrogen) atoms. The zero-order chi connectivity index (χ0) is 52.0. The maximum absolute atomic E-state index is 12.3. The van der Waals surface area contributed by atoms with Gasteiger partial charge in [0, 0.05) is 31.5 Å². The monoisotopic (exact) mass is 1080 g/mol. The largest absolute Gasteiger partial charge is 1.00 e. The number of ketones is 1. The van der Waals surface area contributed by atoms with Gasteiger partial charge in [-0.05, 0) is 158 Å². The Labute approximate surface area is 462 Å². The Bertz CT molecular complexity index is 2510. The van der Waals surface area contributed by atoms with Gasteiger partial charge in [0.1, 0.15) is 5.78 Å². The molecule has 3 aromatic carbocycles. The van der Waals surface area contributed by atoms with Crippen LogP contribution >= 0.6 is 0 Å². The van der Waals surface area contributed by atoms with E-state index in [9.17, 15) is 35.2 Å². The minimum Gasteiger partial charge on any atom is -1.00 e. The van der Waals surface area contributed by atoms with E-state index >= 15 is 0 Å². The first-order chi connectivity index (χ1) is 33.5. The maximum atomic E-state index is 12.3. The van der Waals surface area contributed by atoms with Crippen molar-refractivity contribution < 1.29 is 88.2 Å². The molecule has 404 valence electrons. The van der Waals surface area contributed by atoms with Crippen molar-refractivity contribution in [2.24, 2.45) is 16.2 Å². The molecule has 2 bridgehead atoms. The first kappa shape index (κ1) is 64.7. The Balaban J connectivity index is 0.000000355. The van der Waals surface area contributed by atoms with Crippen LogP contribution in [0.1, 0.15) is 142 Å². The van der Waals surface area contributed by atoms with Gasteiger partial charge in [0.05, 0.1) is 52.3 Å². The van der Waals surface area contributed by atoms with Gasteiger partial charge in [0.15, 0.2) is 0 Å². The quantitative estimate of drug-likeness (QED) is 0.0818. The minimum absolute atomic E-state index is 0. The minimum atomic E-state index is -3.74. The van der Waals surface area contributed by atoms with Gasteiger partial charge < -0.3 is 16.0 Å². The van der Waals surface area contributed by atoms with Crippen molar-refractivity contribution in [2.45, 2.75) is 171 Å². The molecule has 0 radical (unpaired) electrons. The third-order valence-corrected chi connectivity index (χ3v) is 19.3. The molecule has 3 heterocycles. The molecule has 0 aromatic heterocycles. The standard InChI is InChI=1S/C18H26O4S.C17H22O4S.C16H22O4S.C4H8O.CH4.Na.H/c1-4-17(10-12-18(19,5-2)13-11-17)14-22-23(20,21)16-8-6-15(3)7-9-16;1-3-17-10-8-16(9-11-17,12-20-17)13-21-22(18,19)15-6-4-14(2)5-7-15;1-3-16(10-8-14(17)9-11-16)12-20-21(18,19)15-6-4-13(2)5-7-15;1-2-4-5-3-1;;;/h5-9,19H,2,4,10-14H2,1,3H3;3-7H,1,8-13H2,2H3;4-7H,3,8-12H2,1-2H3;1-4H2;1H4;;/q;;;;;+1;-1. The Hall–Kier alpha value is -2.58. The fourth-order valence-electron chi connectivity index (χ4n) is 9.35. The molecule has 3 saturated heterocycles. The third-order valence-electron chi connectivity index (χ3n) is 15.4. The van der Waals surface area contributed by atoms with Crippen LogP contribution in [0.15, 0.2) is 113 Å². The molecule has 9 rings (SSSR count). The van der Waals surface area contributed by atoms with Gasteiger partial charge in [-0.2, -0.15) is 25.3 Å². The summed E-state index contributed by atoms with van der Waals surface area (Å²) in [7, 11) is -11.2. The summed E-state index contributed by atoms with van der Waals surface area (Å²) in [4.78, 5) is 11.9. The number of Topliss-reactive ketones (excluding diaryl/α,β-unsaturated/α-hetero) is 1. The Kier molecular flexibility index (Phi) is 25.0. The van der Waals surface area contributed by atoms with Crippen molar-refractivity contribution in [3.05, 3.63) is 115 Å². The van der Waals surface area contributed by atoms with Crippen LogP contribution in [0.3, 0.4) is 0 Å². The summed E-state index contributed by atoms with van der Waals surface area (Å²) in [5.41, 5.74) is 1.44. The number of hydrogen-bond donors (Lipinski definition) is 1. The van der Waals surface area contributed by atoms with E-state index in [-0.39, 0.29) is 101 Å². The smallest absolute Gasteiger partial charge is 1.00 e. The number of aryl methyl sites for hydroxylation is 3. The Morgan fingerprint density at radius 1 is 0.575 bits per heavy atom. The van der Waals surface area contributed by atoms with Crippen molar-refractivity contribution in [1.82, 2.24) is 0 Å². The van der Waals surface area contributed by atoms with Gasteiger partial charge >= 0.3 is 29.6 Å². The van der Waals surface area contributed by atoms with Crippen LogP contribution in [0, 0.1) is 37.0 Å². The van der Waals surface area contributed by atoms with Crippen LogP contribution in [-0.2, 0) is 57.2 Å². The van der Waals surface area contributed by atoms with Crippen LogP contribution in [0.25, 0.3) is 0 Å². The molecule has 6 aliphatic rings. The van der Waals surface area contributed by atoms with Crippen LogP contribution in [0.2, 0.25) is 0 Å². The van der Waals surface area contributed by atoms with Crippen LogP contribution in [0.5, 0.6) is 0 Å². The molecule has 3 saturated carbocycles. The molecule has 0 atom stereocenters. The van der Waals surface area contributed by atoms with E-state index < -0.39 is 36.0 Å². The normalized spacial score (nSPS) is 25.4. The molecular formula is C56H83NaO13S3. The fraction of sp³-hybridized carbons (Fsp3) is 0.589. The number of benzene rings is 3. The summed E-state index contributed by atoms with van der Waals surface area (Å²) in [6.07, 6.45) is 16.5. The predicted octanol–water partition coefficient (Wildman–Crippen LogP) is 8.59. The fourth-order valence-corrected chi connectivity index (χ4v) is 12.4. The van der Waals surface area contributed by atoms with Crippen LogP contribution in [0.4, 0.5) is 0 Å². The number of carbonyl (C=O) groups excluding carboxylic acids is 1. The topological polar surface area (TPSA) is 186 Å². The van der Waals surface area contributed by atoms with Gasteiger partial charge in [-0.25, -0.2) is 0 Å². The van der Waals surface area contributed by atoms with Crippen LogP contribution < -0.4 is 29.6 Å². The van der Waals surface area contributed by atoms with Gasteiger partial charge in [-0.1, -0.05) is 86.5 Å². The van der Waals surface area contributed by atoms with E-state index in [1.54, 1.807) is 78.9 Å². The Morgan fingerprint density at radius 2 is 0.945 bits per heavy atom. The van der Waals surface area contributed by atoms with Crippen molar-refractivity contribution in [2.75, 3.05) is 39.6 Å². The van der Waals surface area contributed by atoms with Crippen molar-refractivity contribution in [1.29, 1.82) is 0 Å². The van der Waals surface area contributed by atoms with E-state index in [1.807, 2.05) is 40.7 Å². The van der Waals surface area contributed by atoms with Crippen molar-refractivity contribution in [3.8, 4) is 0 Å². The summed E-state index contributed by atoms with van der Waals surface area (Å²) in [5.74, 6) is 0.264. The average Bonchev–Trinajstić information content (AvgIpc) is 3.98. The van der Waals surface area contributed by atoms with E-state index in [4.69, 9.17) is 22.0 Å². The maximum Gasteiger partial charge on any atom is 1.00 e. The molecule has 0 spiro atoms. The number of carbonyl (C=O) groups is 1. The molecule has 6 fully saturated rings. The number of rotatable bonds is 16. The molecule has 3 aliphatic carbocycles. The first-order valence-electron chi connectivity index (χ1n) is 25.1. The van der Waals surface area contributed by atoms with Crippen molar-refractivity contribution >= 4 is 36.1 Å². The summed E-state index contributed by atoms with van der Waals surface area (Å²) in [6.45, 7) is 20.4. The molecular weight excluding hydrogens is 1000 g/mol. The Morgan fingerprint density at radius 3 is 1.25 bits per heavy atom. The summed E-state index contributed by atoms with van der Waals surface area (Å²) in [6, 6.07) is 20.0. The van der Waals surface area contributed by atoms with Crippen LogP contribution in [-0.4, -0.2) is 87.0 Å². The van der Waals surface area contributed by atoms with Crippen molar-refractivity contribution in [3.63, 3.8) is 0 Å². The molecule has 0 unspecified atom stereocenters. The van der Waals surface area contributed by atoms with Gasteiger partial charge in [0.25, 0.3) is 30.4 Å². The number of fused-ring (bicyclic) bond motifs is 3. The second-order valence-electron chi connectivity index (χ2n) is 20.5. The van der Waals surface area contributed by atoms with Gasteiger partial charge in [0.2, 0.25) is 0 Å². The first-order valence-corrected chi connectivity index (χ1v) is 29.3. The second-order valence-corrected chi connectivity index (χ2v) is 25.4. The molecule has 1 N–H and O–H groups in total. The molecule has 17 heteroatoms. The molecule has 0 amide bonds. The van der Waals surface area contributed by atoms with E-state index in [1.165, 1.54) is 12.8 Å². The zero-order valence-electron chi connectivity index (χ0n) is 44.6. The zero-order valence-corrected chi connectivity index (χ0v) is 48.1. The number of ether oxygens (including phenoxy) is 2. The summed E-state index contributed by atoms with van der Waals surface area (Å²) >= 11 is 0. The summed E-state index contributed by atoms with van der Waals surface area (Å²) in [5, 5.41) is 10.3. The van der Waals surface area contributed by atoms with Gasteiger partial charge in [-0.15, -0.1) is 13.2 Å². The molecule has 13 nitrogen and oxygen atoms in total. The average molecular weight is 1080 g/mol. The van der Waals surface area contributed by atoms with E-state index in [0.29, 0.717) is 45.1 Å². The molecule has 3 aliphatic heterocycles. The number of aliphatic hydroxyl groups is 1. The second kappa shape index (κ2) is 28.2.